The highest BCUT2D eigenvalue weighted by atomic mass is 16.6. The van der Waals surface area contributed by atoms with Crippen LogP contribution in [0.3, 0.4) is 0 Å². The number of ether oxygens (including phenoxy) is 1. The molecule has 7 heteroatoms. The lowest BCUT2D eigenvalue weighted by Gasteiger charge is -2.32. The zero-order valence-corrected chi connectivity index (χ0v) is 24.6. The normalized spacial score (nSPS) is 11.9. The Labute approximate surface area is 234 Å². The predicted molar refractivity (Wildman–Crippen MR) is 158 cm³/mol. The predicted octanol–water partition coefficient (Wildman–Crippen LogP) is 6.95. The first kappa shape index (κ1) is 31.9. The molecule has 7 nitrogen and oxygen atoms in total. The van der Waals surface area contributed by atoms with Gasteiger partial charge in [-0.1, -0.05) is 88.4 Å². The Balaban J connectivity index is 2.35. The molecule has 0 aliphatic heterocycles. The van der Waals surface area contributed by atoms with Gasteiger partial charge >= 0.3 is 6.09 Å². The zero-order chi connectivity index (χ0) is 28.8. The van der Waals surface area contributed by atoms with E-state index in [9.17, 15) is 14.4 Å². The topological polar surface area (TPSA) is 87.7 Å². The van der Waals surface area contributed by atoms with Gasteiger partial charge in [0.1, 0.15) is 18.2 Å². The number of alkyl carbamates (subject to hydrolysis) is 1. The van der Waals surface area contributed by atoms with Crippen LogP contribution in [0.15, 0.2) is 48.5 Å². The number of unbranched alkanes of at least 4 members (excludes halogenated alkanes) is 5. The van der Waals surface area contributed by atoms with E-state index in [-0.39, 0.29) is 18.4 Å². The van der Waals surface area contributed by atoms with Crippen LogP contribution < -0.4 is 10.6 Å². The number of nitrogens with zero attached hydrogens (tertiary/aromatic N) is 1. The third-order valence-electron chi connectivity index (χ3n) is 6.52. The molecule has 0 aliphatic rings. The summed E-state index contributed by atoms with van der Waals surface area (Å²) in [5, 5.41) is 5.62. The number of carbonyl (C=O) groups is 3. The molecule has 0 aromatic heterocycles. The van der Waals surface area contributed by atoms with Gasteiger partial charge in [0.25, 0.3) is 5.91 Å². The van der Waals surface area contributed by atoms with E-state index in [0.29, 0.717) is 12.2 Å². The highest BCUT2D eigenvalue weighted by molar-refractivity contribution is 5.98. The molecule has 0 radical (unpaired) electrons. The molecule has 0 bridgehead atoms. The van der Waals surface area contributed by atoms with Gasteiger partial charge in [0, 0.05) is 12.2 Å². The minimum Gasteiger partial charge on any atom is -0.444 e. The molecule has 0 heterocycles. The molecule has 1 unspecified atom stereocenters. The fourth-order valence-electron chi connectivity index (χ4n) is 4.35. The van der Waals surface area contributed by atoms with E-state index >= 15 is 0 Å². The number of anilines is 1. The van der Waals surface area contributed by atoms with Crippen molar-refractivity contribution in [3.8, 4) is 0 Å². The number of carbonyl (C=O) groups excluding carboxylic acids is 3. The molecule has 2 rings (SSSR count). The van der Waals surface area contributed by atoms with Crippen LogP contribution in [0.4, 0.5) is 10.5 Å². The lowest BCUT2D eigenvalue weighted by atomic mass is 10.00. The Bertz CT molecular complexity index is 1060. The summed E-state index contributed by atoms with van der Waals surface area (Å²) in [4.78, 5) is 41.4. The molecule has 39 heavy (non-hydrogen) atoms. The molecule has 0 saturated heterocycles. The molecule has 0 aliphatic carbocycles. The molecule has 2 aromatic rings. The van der Waals surface area contributed by atoms with E-state index < -0.39 is 17.7 Å². The summed E-state index contributed by atoms with van der Waals surface area (Å²) < 4.78 is 5.31. The number of para-hydroxylation sites is 1. The average molecular weight is 538 g/mol. The van der Waals surface area contributed by atoms with Crippen LogP contribution in [0.2, 0.25) is 0 Å². The second kappa shape index (κ2) is 15.9. The summed E-state index contributed by atoms with van der Waals surface area (Å²) in [6, 6.07) is 14.6. The lowest BCUT2D eigenvalue weighted by Crippen LogP contribution is -2.47. The SMILES string of the molecule is CCCCCCCCN(C(=O)CNC(=O)OC(C)(C)C)C(C(=O)Nc1ccccc1C)c1ccc(CC)cc1. The summed E-state index contributed by atoms with van der Waals surface area (Å²) in [5.41, 5.74) is 2.84. The van der Waals surface area contributed by atoms with E-state index in [1.807, 2.05) is 55.5 Å². The van der Waals surface area contributed by atoms with Crippen LogP contribution in [0.5, 0.6) is 0 Å². The number of hydrogen-bond donors (Lipinski definition) is 2. The van der Waals surface area contributed by atoms with Gasteiger partial charge < -0.3 is 20.3 Å². The van der Waals surface area contributed by atoms with Crippen LogP contribution in [-0.4, -0.2) is 41.5 Å². The molecule has 2 N–H and O–H groups in total. The van der Waals surface area contributed by atoms with E-state index in [4.69, 9.17) is 4.74 Å². The number of amides is 3. The number of nitrogens with one attached hydrogen (secondary N) is 2. The van der Waals surface area contributed by atoms with Crippen molar-refractivity contribution < 1.29 is 19.1 Å². The third-order valence-corrected chi connectivity index (χ3v) is 6.52. The Morgan fingerprint density at radius 2 is 1.54 bits per heavy atom. The van der Waals surface area contributed by atoms with E-state index in [1.165, 1.54) is 6.42 Å². The first-order valence-electron chi connectivity index (χ1n) is 14.3. The summed E-state index contributed by atoms with van der Waals surface area (Å²) in [6.45, 7) is 11.6. The molecule has 1 atom stereocenters. The van der Waals surface area contributed by atoms with Gasteiger partial charge in [-0.25, -0.2) is 4.79 Å². The fourth-order valence-corrected chi connectivity index (χ4v) is 4.35. The second-order valence-corrected chi connectivity index (χ2v) is 11.0. The van der Waals surface area contributed by atoms with Gasteiger partial charge in [-0.05, 0) is 63.3 Å². The van der Waals surface area contributed by atoms with Gasteiger partial charge in [-0.15, -0.1) is 0 Å². The molecular formula is C32H47N3O4. The summed E-state index contributed by atoms with van der Waals surface area (Å²) >= 11 is 0. The highest BCUT2D eigenvalue weighted by Gasteiger charge is 2.32. The van der Waals surface area contributed by atoms with E-state index in [0.717, 1.165) is 55.2 Å². The van der Waals surface area contributed by atoms with Crippen LogP contribution >= 0.6 is 0 Å². The zero-order valence-electron chi connectivity index (χ0n) is 24.6. The van der Waals surface area contributed by atoms with Crippen LogP contribution in [0, 0.1) is 6.92 Å². The maximum Gasteiger partial charge on any atom is 0.408 e. The molecular weight excluding hydrogens is 490 g/mol. The molecule has 0 fully saturated rings. The quantitative estimate of drug-likeness (QED) is 0.255. The highest BCUT2D eigenvalue weighted by Crippen LogP contribution is 2.26. The average Bonchev–Trinajstić information content (AvgIpc) is 2.89. The Kier molecular flexibility index (Phi) is 13.0. The standard InChI is InChI=1S/C32H47N3O4/c1-7-9-10-11-12-15-22-35(28(36)23-33-31(38)39-32(4,5)6)29(26-20-18-25(8-2)19-21-26)30(37)34-27-17-14-13-16-24(27)3/h13-14,16-21,29H,7-12,15,22-23H2,1-6H3,(H,33,38)(H,34,37). The van der Waals surface area contributed by atoms with Crippen molar-refractivity contribution in [1.29, 1.82) is 0 Å². The minimum absolute atomic E-state index is 0.258. The fraction of sp³-hybridized carbons (Fsp3) is 0.531. The van der Waals surface area contributed by atoms with Crippen molar-refractivity contribution in [1.82, 2.24) is 10.2 Å². The van der Waals surface area contributed by atoms with Crippen molar-refractivity contribution >= 4 is 23.6 Å². The Hall–Kier alpha value is -3.35. The molecule has 0 saturated carbocycles. The van der Waals surface area contributed by atoms with Gasteiger partial charge in [-0.2, -0.15) is 0 Å². The van der Waals surface area contributed by atoms with Crippen LogP contribution in [0.1, 0.15) is 95.9 Å². The number of benzene rings is 2. The lowest BCUT2D eigenvalue weighted by molar-refractivity contribution is -0.138. The number of aryl methyl sites for hydroxylation is 2. The Morgan fingerprint density at radius 3 is 2.15 bits per heavy atom. The van der Waals surface area contributed by atoms with E-state index in [1.54, 1.807) is 25.7 Å². The van der Waals surface area contributed by atoms with Gasteiger partial charge in [0.15, 0.2) is 0 Å². The van der Waals surface area contributed by atoms with Gasteiger partial charge in [-0.3, -0.25) is 9.59 Å². The van der Waals surface area contributed by atoms with Gasteiger partial charge in [0.05, 0.1) is 0 Å². The first-order valence-corrected chi connectivity index (χ1v) is 14.3. The van der Waals surface area contributed by atoms with Gasteiger partial charge in [0.2, 0.25) is 5.91 Å². The smallest absolute Gasteiger partial charge is 0.408 e. The maximum atomic E-state index is 13.8. The van der Waals surface area contributed by atoms with Crippen molar-refractivity contribution in [3.05, 3.63) is 65.2 Å². The molecule has 214 valence electrons. The third kappa shape index (κ3) is 11.1. The van der Waals surface area contributed by atoms with Crippen LogP contribution in [-0.2, 0) is 20.7 Å². The summed E-state index contributed by atoms with van der Waals surface area (Å²) in [5.74, 6) is -0.621. The first-order chi connectivity index (χ1) is 18.6. The number of rotatable bonds is 14. The maximum absolute atomic E-state index is 13.8. The molecule has 2 aromatic carbocycles. The van der Waals surface area contributed by atoms with Crippen molar-refractivity contribution in [2.75, 3.05) is 18.4 Å². The molecule has 3 amide bonds. The van der Waals surface area contributed by atoms with Crippen molar-refractivity contribution in [2.24, 2.45) is 0 Å². The minimum atomic E-state index is -0.848. The monoisotopic (exact) mass is 537 g/mol. The van der Waals surface area contributed by atoms with Crippen molar-refractivity contribution in [3.63, 3.8) is 0 Å². The van der Waals surface area contributed by atoms with Crippen molar-refractivity contribution in [2.45, 2.75) is 98.1 Å². The Morgan fingerprint density at radius 1 is 0.897 bits per heavy atom. The van der Waals surface area contributed by atoms with Crippen LogP contribution in [0.25, 0.3) is 0 Å². The van der Waals surface area contributed by atoms with E-state index in [2.05, 4.69) is 24.5 Å². The molecule has 0 spiro atoms. The summed E-state index contributed by atoms with van der Waals surface area (Å²) in [7, 11) is 0. The second-order valence-electron chi connectivity index (χ2n) is 11.0. The number of hydrogen-bond acceptors (Lipinski definition) is 4. The summed E-state index contributed by atoms with van der Waals surface area (Å²) in [6.07, 6.45) is 6.53. The largest absolute Gasteiger partial charge is 0.444 e.